The van der Waals surface area contributed by atoms with Crippen molar-refractivity contribution in [2.45, 2.75) is 6.61 Å². The van der Waals surface area contributed by atoms with E-state index in [9.17, 15) is 0 Å². The molecule has 3 nitrogen and oxygen atoms in total. The van der Waals surface area contributed by atoms with Gasteiger partial charge in [-0.25, -0.2) is 4.98 Å². The van der Waals surface area contributed by atoms with Crippen molar-refractivity contribution in [3.63, 3.8) is 0 Å². The number of hydrogen-bond acceptors (Lipinski definition) is 3. The number of aromatic nitrogens is 1. The number of nitrogen functional groups attached to an aromatic ring is 1. The lowest BCUT2D eigenvalue weighted by molar-refractivity contribution is 0.277. The topological polar surface area (TPSA) is 59.1 Å². The first-order valence-corrected chi connectivity index (χ1v) is 7.15. The summed E-state index contributed by atoms with van der Waals surface area (Å²) in [4.78, 5) is 4.02. The van der Waals surface area contributed by atoms with Crippen LogP contribution in [0, 0.1) is 0 Å². The van der Waals surface area contributed by atoms with E-state index >= 15 is 0 Å². The predicted molar refractivity (Wildman–Crippen MR) is 85.1 cm³/mol. The van der Waals surface area contributed by atoms with Gasteiger partial charge in [-0.1, -0.05) is 58.0 Å². The van der Waals surface area contributed by atoms with Crippen LogP contribution < -0.4 is 5.73 Å². The number of anilines is 1. The van der Waals surface area contributed by atoms with E-state index in [4.69, 9.17) is 68.8 Å². The lowest BCUT2D eigenvalue weighted by Crippen LogP contribution is -1.99. The molecular formula is C12H7Cl5N2O. The van der Waals surface area contributed by atoms with Crippen LogP contribution >= 0.6 is 58.0 Å². The Morgan fingerprint density at radius 2 is 1.40 bits per heavy atom. The van der Waals surface area contributed by atoms with Crippen molar-refractivity contribution in [3.05, 3.63) is 42.9 Å². The SMILES string of the molecule is Nc1nc(CO)ccc1-c1c(Cl)c(Cl)c(Cl)c(Cl)c1Cl. The highest BCUT2D eigenvalue weighted by Crippen LogP contribution is 2.49. The molecule has 0 fully saturated rings. The number of aliphatic hydroxyl groups is 1. The summed E-state index contributed by atoms with van der Waals surface area (Å²) in [6.45, 7) is -0.228. The second kappa shape index (κ2) is 6.14. The number of halogens is 5. The molecule has 0 unspecified atom stereocenters. The summed E-state index contributed by atoms with van der Waals surface area (Å²) < 4.78 is 0. The molecule has 1 aromatic carbocycles. The Hall–Kier alpha value is -0.420. The van der Waals surface area contributed by atoms with E-state index in [0.717, 1.165) is 0 Å². The van der Waals surface area contributed by atoms with E-state index in [1.165, 1.54) is 0 Å². The van der Waals surface area contributed by atoms with Crippen LogP contribution in [0.1, 0.15) is 5.69 Å². The third-order valence-corrected chi connectivity index (χ3v) is 4.90. The lowest BCUT2D eigenvalue weighted by Gasteiger charge is -2.14. The van der Waals surface area contributed by atoms with E-state index < -0.39 is 0 Å². The molecule has 0 bridgehead atoms. The maximum Gasteiger partial charge on any atom is 0.131 e. The Morgan fingerprint density at radius 1 is 0.900 bits per heavy atom. The van der Waals surface area contributed by atoms with Gasteiger partial charge < -0.3 is 10.8 Å². The molecule has 106 valence electrons. The standard InChI is InChI=1S/C12H7Cl5N2O/c13-7-6(8(14)10(16)11(17)9(7)15)5-2-1-4(3-20)19-12(5)18/h1-2,20H,3H2,(H2,18,19). The summed E-state index contributed by atoms with van der Waals surface area (Å²) in [6.07, 6.45) is 0. The van der Waals surface area contributed by atoms with Crippen molar-refractivity contribution in [2.24, 2.45) is 0 Å². The van der Waals surface area contributed by atoms with Crippen LogP contribution in [0.4, 0.5) is 5.82 Å². The normalized spacial score (nSPS) is 10.9. The quantitative estimate of drug-likeness (QED) is 0.570. The second-order valence-corrected chi connectivity index (χ2v) is 5.73. The van der Waals surface area contributed by atoms with Crippen LogP contribution in [-0.2, 0) is 6.61 Å². The number of nitrogens with two attached hydrogens (primary N) is 1. The molecule has 0 aliphatic heterocycles. The van der Waals surface area contributed by atoms with Gasteiger partial charge in [-0.15, -0.1) is 0 Å². The smallest absolute Gasteiger partial charge is 0.131 e. The molecule has 3 N–H and O–H groups in total. The zero-order valence-electron chi connectivity index (χ0n) is 9.72. The van der Waals surface area contributed by atoms with E-state index in [1.807, 2.05) is 0 Å². The fraction of sp³-hybridized carbons (Fsp3) is 0.0833. The van der Waals surface area contributed by atoms with Crippen molar-refractivity contribution >= 4 is 63.8 Å². The first kappa shape index (κ1) is 16.0. The van der Waals surface area contributed by atoms with Gasteiger partial charge in [0.05, 0.1) is 37.4 Å². The number of pyridine rings is 1. The summed E-state index contributed by atoms with van der Waals surface area (Å²) in [5.74, 6) is 0.148. The van der Waals surface area contributed by atoms with Gasteiger partial charge in [-0.3, -0.25) is 0 Å². The zero-order valence-corrected chi connectivity index (χ0v) is 13.5. The minimum atomic E-state index is -0.228. The minimum Gasteiger partial charge on any atom is -0.390 e. The minimum absolute atomic E-state index is 0.0746. The first-order chi connectivity index (χ1) is 9.38. The van der Waals surface area contributed by atoms with E-state index in [0.29, 0.717) is 16.8 Å². The number of nitrogens with zero attached hydrogens (tertiary/aromatic N) is 1. The van der Waals surface area contributed by atoms with Crippen LogP contribution in [0.25, 0.3) is 11.1 Å². The van der Waals surface area contributed by atoms with Crippen molar-refractivity contribution < 1.29 is 5.11 Å². The lowest BCUT2D eigenvalue weighted by atomic mass is 10.1. The van der Waals surface area contributed by atoms with E-state index in [2.05, 4.69) is 4.98 Å². The summed E-state index contributed by atoms with van der Waals surface area (Å²) in [5, 5.41) is 9.55. The highest BCUT2D eigenvalue weighted by atomic mass is 35.5. The van der Waals surface area contributed by atoms with Crippen molar-refractivity contribution in [3.8, 4) is 11.1 Å². The number of benzene rings is 1. The highest BCUT2D eigenvalue weighted by Gasteiger charge is 2.22. The molecule has 20 heavy (non-hydrogen) atoms. The Morgan fingerprint density at radius 3 is 1.85 bits per heavy atom. The third-order valence-electron chi connectivity index (χ3n) is 2.62. The van der Waals surface area contributed by atoms with Crippen molar-refractivity contribution in [2.75, 3.05) is 5.73 Å². The zero-order chi connectivity index (χ0) is 15.0. The summed E-state index contributed by atoms with van der Waals surface area (Å²) in [7, 11) is 0. The van der Waals surface area contributed by atoms with Gasteiger partial charge in [0, 0.05) is 11.1 Å². The van der Waals surface area contributed by atoms with Crippen LogP contribution in [0.15, 0.2) is 12.1 Å². The van der Waals surface area contributed by atoms with Crippen LogP contribution in [0.3, 0.4) is 0 Å². The second-order valence-electron chi connectivity index (χ2n) is 3.84. The Kier molecular flexibility index (Phi) is 4.90. The molecule has 8 heteroatoms. The monoisotopic (exact) mass is 370 g/mol. The molecule has 0 amide bonds. The molecule has 2 rings (SSSR count). The largest absolute Gasteiger partial charge is 0.390 e. The predicted octanol–water partition coefficient (Wildman–Crippen LogP) is 5.09. The fourth-order valence-electron chi connectivity index (χ4n) is 1.66. The van der Waals surface area contributed by atoms with E-state index in [-0.39, 0.29) is 37.5 Å². The molecule has 1 aromatic heterocycles. The third kappa shape index (κ3) is 2.67. The number of rotatable bonds is 2. The Labute approximate surface area is 140 Å². The van der Waals surface area contributed by atoms with Crippen molar-refractivity contribution in [1.29, 1.82) is 0 Å². The first-order valence-electron chi connectivity index (χ1n) is 5.26. The van der Waals surface area contributed by atoms with Crippen LogP contribution in [0.5, 0.6) is 0 Å². The average Bonchev–Trinajstić information content (AvgIpc) is 2.44. The molecule has 1 heterocycles. The molecule has 0 aliphatic carbocycles. The number of aliphatic hydroxyl groups excluding tert-OH is 1. The summed E-state index contributed by atoms with van der Waals surface area (Å²) in [5.41, 5.74) is 7.07. The summed E-state index contributed by atoms with van der Waals surface area (Å²) >= 11 is 30.3. The van der Waals surface area contributed by atoms with Gasteiger partial charge in [0.2, 0.25) is 0 Å². The molecule has 2 aromatic rings. The molecule has 0 radical (unpaired) electrons. The Bertz CT molecular complexity index is 661. The molecular weight excluding hydrogens is 365 g/mol. The molecule has 0 atom stereocenters. The van der Waals surface area contributed by atoms with Gasteiger partial charge in [-0.05, 0) is 12.1 Å². The average molecular weight is 372 g/mol. The van der Waals surface area contributed by atoms with Crippen molar-refractivity contribution in [1.82, 2.24) is 4.98 Å². The molecule has 0 aliphatic rings. The van der Waals surface area contributed by atoms with Crippen LogP contribution in [-0.4, -0.2) is 10.1 Å². The number of hydrogen-bond donors (Lipinski definition) is 2. The maximum atomic E-state index is 9.03. The van der Waals surface area contributed by atoms with Gasteiger partial charge in [-0.2, -0.15) is 0 Å². The van der Waals surface area contributed by atoms with Crippen LogP contribution in [0.2, 0.25) is 25.1 Å². The van der Waals surface area contributed by atoms with Gasteiger partial charge in [0.25, 0.3) is 0 Å². The molecule has 0 saturated carbocycles. The van der Waals surface area contributed by atoms with E-state index in [1.54, 1.807) is 12.1 Å². The molecule has 0 saturated heterocycles. The van der Waals surface area contributed by atoms with Gasteiger partial charge in [0.15, 0.2) is 0 Å². The maximum absolute atomic E-state index is 9.03. The van der Waals surface area contributed by atoms with Gasteiger partial charge >= 0.3 is 0 Å². The molecule has 0 spiro atoms. The summed E-state index contributed by atoms with van der Waals surface area (Å²) in [6, 6.07) is 3.22. The highest BCUT2D eigenvalue weighted by molar-refractivity contribution is 6.56. The van der Waals surface area contributed by atoms with Gasteiger partial charge in [0.1, 0.15) is 5.82 Å². The fourth-order valence-corrected chi connectivity index (χ4v) is 3.00. The Balaban J connectivity index is 2.76.